The summed E-state index contributed by atoms with van der Waals surface area (Å²) < 4.78 is 5.47. The molecule has 0 N–H and O–H groups in total. The van der Waals surface area contributed by atoms with Crippen LogP contribution in [0.2, 0.25) is 0 Å². The molecule has 0 aromatic carbocycles. The van der Waals surface area contributed by atoms with Gasteiger partial charge in [-0.15, -0.1) is 0 Å². The van der Waals surface area contributed by atoms with Crippen molar-refractivity contribution in [2.24, 2.45) is 5.41 Å². The number of rotatable bonds is 4. The summed E-state index contributed by atoms with van der Waals surface area (Å²) in [5.41, 5.74) is -0.611. The molecular weight excluding hydrogens is 152 g/mol. The summed E-state index contributed by atoms with van der Waals surface area (Å²) in [5, 5.41) is 0. The third-order valence-corrected chi connectivity index (χ3v) is 1.71. The van der Waals surface area contributed by atoms with Crippen LogP contribution in [0, 0.1) is 5.41 Å². The Labute approximate surface area is 75.3 Å². The third kappa shape index (κ3) is 4.50. The van der Waals surface area contributed by atoms with Gasteiger partial charge in [-0.1, -0.05) is 27.7 Å². The normalized spacial score (nSPS) is 17.1. The predicted molar refractivity (Wildman–Crippen MR) is 49.8 cm³/mol. The predicted octanol–water partition coefficient (Wildman–Crippen LogP) is 2.33. The molecule has 0 aliphatic heterocycles. The molecule has 0 aromatic heterocycles. The Morgan fingerprint density at radius 1 is 1.25 bits per heavy atom. The fourth-order valence-corrected chi connectivity index (χ4v) is 0.579. The van der Waals surface area contributed by atoms with Gasteiger partial charge in [-0.2, -0.15) is 0 Å². The highest BCUT2D eigenvalue weighted by Gasteiger charge is 2.25. The Bertz CT molecular complexity index is 146. The summed E-state index contributed by atoms with van der Waals surface area (Å²) >= 11 is 0. The maximum absolute atomic E-state index is 10.5. The van der Waals surface area contributed by atoms with Crippen molar-refractivity contribution in [3.05, 3.63) is 0 Å². The summed E-state index contributed by atoms with van der Waals surface area (Å²) in [6, 6.07) is 0. The van der Waals surface area contributed by atoms with E-state index in [-0.39, 0.29) is 5.41 Å². The molecule has 1 unspecified atom stereocenters. The van der Waals surface area contributed by atoms with E-state index in [9.17, 15) is 4.79 Å². The zero-order chi connectivity index (χ0) is 9.83. The van der Waals surface area contributed by atoms with E-state index in [1.54, 1.807) is 6.92 Å². The lowest BCUT2D eigenvalue weighted by Crippen LogP contribution is -2.33. The Hall–Kier alpha value is -0.370. The highest BCUT2D eigenvalue weighted by molar-refractivity contribution is 5.62. The molecule has 0 amide bonds. The van der Waals surface area contributed by atoms with E-state index >= 15 is 0 Å². The second-order valence-electron chi connectivity index (χ2n) is 4.54. The van der Waals surface area contributed by atoms with Gasteiger partial charge in [-0.05, 0) is 18.8 Å². The molecule has 0 aliphatic carbocycles. The van der Waals surface area contributed by atoms with Crippen LogP contribution >= 0.6 is 0 Å². The highest BCUT2D eigenvalue weighted by Crippen LogP contribution is 2.19. The van der Waals surface area contributed by atoms with Crippen molar-refractivity contribution in [2.45, 2.75) is 46.6 Å². The molecule has 2 heteroatoms. The monoisotopic (exact) mass is 171 g/mol. The average molecular weight is 171 g/mol. The molecule has 71 valence electrons. The molecule has 0 spiro atoms. The number of hydrogen-bond acceptors (Lipinski definition) is 2. The molecular formula is C10H19O2. The number of hydrogen-bond donors (Lipinski definition) is 0. The first-order valence-electron chi connectivity index (χ1n) is 4.36. The molecule has 0 aliphatic rings. The molecule has 0 fully saturated rings. The van der Waals surface area contributed by atoms with E-state index in [1.807, 2.05) is 13.2 Å². The van der Waals surface area contributed by atoms with E-state index < -0.39 is 5.60 Å². The van der Waals surface area contributed by atoms with Crippen LogP contribution in [0.1, 0.15) is 41.0 Å². The van der Waals surface area contributed by atoms with Gasteiger partial charge in [0.15, 0.2) is 0 Å². The van der Waals surface area contributed by atoms with E-state index in [0.29, 0.717) is 13.0 Å². The van der Waals surface area contributed by atoms with Gasteiger partial charge in [-0.25, -0.2) is 0 Å². The zero-order valence-corrected chi connectivity index (χ0v) is 8.73. The molecule has 0 aromatic rings. The van der Waals surface area contributed by atoms with Crippen LogP contribution in [0.15, 0.2) is 0 Å². The van der Waals surface area contributed by atoms with Gasteiger partial charge in [0.2, 0.25) is 6.29 Å². The van der Waals surface area contributed by atoms with E-state index in [0.717, 1.165) is 0 Å². The third-order valence-electron chi connectivity index (χ3n) is 1.71. The zero-order valence-electron chi connectivity index (χ0n) is 8.73. The molecule has 2 nitrogen and oxygen atoms in total. The SMILES string of the molecule is CCC(C)([C]=O)OCC(C)(C)C. The lowest BCUT2D eigenvalue weighted by atomic mass is 9.97. The van der Waals surface area contributed by atoms with Gasteiger partial charge in [0.25, 0.3) is 0 Å². The van der Waals surface area contributed by atoms with E-state index in [1.165, 1.54) is 0 Å². The lowest BCUT2D eigenvalue weighted by molar-refractivity contribution is -0.0213. The van der Waals surface area contributed by atoms with Gasteiger partial charge in [0.05, 0.1) is 6.61 Å². The average Bonchev–Trinajstić information content (AvgIpc) is 1.99. The van der Waals surface area contributed by atoms with Crippen molar-refractivity contribution in [1.82, 2.24) is 0 Å². The first-order chi connectivity index (χ1) is 5.33. The minimum absolute atomic E-state index is 0.104. The summed E-state index contributed by atoms with van der Waals surface area (Å²) in [7, 11) is 0. The summed E-state index contributed by atoms with van der Waals surface area (Å²) in [5.74, 6) is 0. The van der Waals surface area contributed by atoms with Gasteiger partial charge >= 0.3 is 0 Å². The number of carbonyl (C=O) groups excluding carboxylic acids is 1. The van der Waals surface area contributed by atoms with Crippen molar-refractivity contribution in [3.8, 4) is 0 Å². The van der Waals surface area contributed by atoms with Crippen LogP contribution in [-0.4, -0.2) is 18.5 Å². The lowest BCUT2D eigenvalue weighted by Gasteiger charge is -2.26. The van der Waals surface area contributed by atoms with Crippen molar-refractivity contribution < 1.29 is 9.53 Å². The standard InChI is InChI=1S/C10H19O2/c1-6-10(5,7-11)12-8-9(2,3)4/h6,8H2,1-5H3. The summed E-state index contributed by atoms with van der Waals surface area (Å²) in [6.07, 6.45) is 2.60. The largest absolute Gasteiger partial charge is 0.366 e. The fraction of sp³-hybridized carbons (Fsp3) is 0.900. The van der Waals surface area contributed by atoms with Crippen LogP contribution < -0.4 is 0 Å². The molecule has 0 heterocycles. The minimum atomic E-state index is -0.715. The first kappa shape index (κ1) is 11.6. The van der Waals surface area contributed by atoms with Crippen molar-refractivity contribution in [3.63, 3.8) is 0 Å². The van der Waals surface area contributed by atoms with Gasteiger partial charge in [0.1, 0.15) is 5.60 Å². The second kappa shape index (κ2) is 4.04. The highest BCUT2D eigenvalue weighted by atomic mass is 16.5. The van der Waals surface area contributed by atoms with Crippen LogP contribution in [0.25, 0.3) is 0 Å². The topological polar surface area (TPSA) is 26.3 Å². The smallest absolute Gasteiger partial charge is 0.232 e. The van der Waals surface area contributed by atoms with Crippen LogP contribution in [-0.2, 0) is 9.53 Å². The Morgan fingerprint density at radius 3 is 2.00 bits per heavy atom. The number of ether oxygens (including phenoxy) is 1. The molecule has 1 radical (unpaired) electrons. The van der Waals surface area contributed by atoms with Crippen molar-refractivity contribution in [1.29, 1.82) is 0 Å². The molecule has 12 heavy (non-hydrogen) atoms. The molecule has 0 bridgehead atoms. The summed E-state index contributed by atoms with van der Waals surface area (Å²) in [6.45, 7) is 10.5. The fourth-order valence-electron chi connectivity index (χ4n) is 0.579. The maximum Gasteiger partial charge on any atom is 0.232 e. The van der Waals surface area contributed by atoms with E-state index in [4.69, 9.17) is 4.74 Å². The molecule has 0 rings (SSSR count). The van der Waals surface area contributed by atoms with Crippen molar-refractivity contribution >= 4 is 6.29 Å². The Morgan fingerprint density at radius 2 is 1.75 bits per heavy atom. The summed E-state index contributed by atoms with van der Waals surface area (Å²) in [4.78, 5) is 10.5. The molecule has 0 saturated carbocycles. The van der Waals surface area contributed by atoms with Gasteiger partial charge < -0.3 is 4.74 Å². The Kier molecular flexibility index (Phi) is 3.91. The quantitative estimate of drug-likeness (QED) is 0.649. The van der Waals surface area contributed by atoms with Gasteiger partial charge in [0, 0.05) is 0 Å². The first-order valence-corrected chi connectivity index (χ1v) is 4.36. The van der Waals surface area contributed by atoms with Gasteiger partial charge in [-0.3, -0.25) is 4.79 Å². The van der Waals surface area contributed by atoms with Crippen molar-refractivity contribution in [2.75, 3.05) is 6.61 Å². The molecule has 1 atom stereocenters. The van der Waals surface area contributed by atoms with Crippen LogP contribution in [0.4, 0.5) is 0 Å². The van der Waals surface area contributed by atoms with E-state index in [2.05, 4.69) is 20.8 Å². The van der Waals surface area contributed by atoms with Crippen LogP contribution in [0.3, 0.4) is 0 Å². The van der Waals surface area contributed by atoms with Crippen LogP contribution in [0.5, 0.6) is 0 Å². The second-order valence-corrected chi connectivity index (χ2v) is 4.54. The molecule has 0 saturated heterocycles. The Balaban J connectivity index is 3.98. The maximum atomic E-state index is 10.5. The minimum Gasteiger partial charge on any atom is -0.366 e.